The summed E-state index contributed by atoms with van der Waals surface area (Å²) in [6.07, 6.45) is 3.27. The van der Waals surface area contributed by atoms with Gasteiger partial charge in [0.2, 0.25) is 0 Å². The van der Waals surface area contributed by atoms with Crippen molar-refractivity contribution in [2.75, 3.05) is 0 Å². The van der Waals surface area contributed by atoms with Gasteiger partial charge in [0.1, 0.15) is 11.5 Å². The first-order valence-corrected chi connectivity index (χ1v) is 4.80. The molecular weight excluding hydrogens is 205 g/mol. The molecule has 0 radical (unpaired) electrons. The van der Waals surface area contributed by atoms with Crippen LogP contribution in [0.1, 0.15) is 2.85 Å². The summed E-state index contributed by atoms with van der Waals surface area (Å²) in [5.41, 5.74) is 0.429. The van der Waals surface area contributed by atoms with E-state index in [0.29, 0.717) is 17.0 Å². The zero-order valence-corrected chi connectivity index (χ0v) is 8.45. The fourth-order valence-electron chi connectivity index (χ4n) is 1.25. The van der Waals surface area contributed by atoms with E-state index in [1.165, 1.54) is 0 Å². The lowest BCUT2D eigenvalue weighted by molar-refractivity contribution is 0.425. The molecule has 0 aliphatic carbocycles. The molecule has 5 heteroatoms. The van der Waals surface area contributed by atoms with Gasteiger partial charge >= 0.3 is 7.12 Å². The van der Waals surface area contributed by atoms with Crippen molar-refractivity contribution in [1.82, 2.24) is 4.98 Å². The molecule has 2 rings (SSSR count). The van der Waals surface area contributed by atoms with Crippen LogP contribution in [0, 0.1) is 0 Å². The molecule has 1 aromatic carbocycles. The van der Waals surface area contributed by atoms with Crippen molar-refractivity contribution >= 4 is 12.6 Å². The molecule has 84 valence electrons. The molecule has 1 heterocycles. The van der Waals surface area contributed by atoms with Crippen LogP contribution in [0.3, 0.4) is 0 Å². The number of nitrogens with zero attached hydrogens (tertiary/aromatic N) is 1. The van der Waals surface area contributed by atoms with Crippen LogP contribution in [-0.4, -0.2) is 22.2 Å². The average Bonchev–Trinajstić information content (AvgIpc) is 2.31. The van der Waals surface area contributed by atoms with Crippen molar-refractivity contribution in [1.29, 1.82) is 0 Å². The Hall–Kier alpha value is -1.85. The Morgan fingerprint density at radius 1 is 1.06 bits per heavy atom. The Morgan fingerprint density at radius 3 is 2.38 bits per heavy atom. The van der Waals surface area contributed by atoms with Gasteiger partial charge in [-0.15, -0.1) is 0 Å². The van der Waals surface area contributed by atoms with E-state index in [1.807, 2.05) is 0 Å². The molecule has 0 saturated carbocycles. The topological polar surface area (TPSA) is 62.6 Å². The molecule has 0 amide bonds. The summed E-state index contributed by atoms with van der Waals surface area (Å²) in [5.74, 6) is 1.26. The molecule has 0 atom stereocenters. The van der Waals surface area contributed by atoms with Crippen molar-refractivity contribution in [3.63, 3.8) is 0 Å². The van der Waals surface area contributed by atoms with Crippen LogP contribution in [0.25, 0.3) is 0 Å². The zero-order chi connectivity index (χ0) is 11.4. The minimum atomic E-state index is -1.45. The molecule has 1 aromatic heterocycles. The molecule has 0 bridgehead atoms. The van der Waals surface area contributed by atoms with Crippen LogP contribution in [-0.2, 0) is 0 Å². The number of rotatable bonds is 3. The van der Waals surface area contributed by atoms with E-state index < -0.39 is 7.12 Å². The van der Waals surface area contributed by atoms with Gasteiger partial charge in [-0.3, -0.25) is 4.98 Å². The predicted molar refractivity (Wildman–Crippen MR) is 64.8 cm³/mol. The first kappa shape index (κ1) is 10.7. The molecule has 0 spiro atoms. The molecule has 16 heavy (non-hydrogen) atoms. The highest BCUT2D eigenvalue weighted by Gasteiger charge is 2.09. The lowest BCUT2D eigenvalue weighted by atomic mass is 9.80. The summed E-state index contributed by atoms with van der Waals surface area (Å²) >= 11 is 0. The van der Waals surface area contributed by atoms with Crippen molar-refractivity contribution < 1.29 is 17.6 Å². The Labute approximate surface area is 96.3 Å². The minimum absolute atomic E-state index is 0. The zero-order valence-electron chi connectivity index (χ0n) is 8.45. The second-order valence-electron chi connectivity index (χ2n) is 3.23. The third kappa shape index (κ3) is 2.59. The highest BCUT2D eigenvalue weighted by molar-refractivity contribution is 6.58. The van der Waals surface area contributed by atoms with Crippen molar-refractivity contribution in [2.24, 2.45) is 0 Å². The maximum atomic E-state index is 8.91. The number of hydrogen-bond donors (Lipinski definition) is 2. The second kappa shape index (κ2) is 4.78. The summed E-state index contributed by atoms with van der Waals surface area (Å²) in [6.45, 7) is 0. The quantitative estimate of drug-likeness (QED) is 0.757. The van der Waals surface area contributed by atoms with E-state index in [9.17, 15) is 0 Å². The SMILES string of the molecule is OB(O)c1ccc(Oc2cccnc2)cc1.[HH].[HH]. The summed E-state index contributed by atoms with van der Waals surface area (Å²) in [7, 11) is -1.45. The summed E-state index contributed by atoms with van der Waals surface area (Å²) in [5, 5.41) is 17.8. The monoisotopic (exact) mass is 219 g/mol. The Balaban J connectivity index is 0.00000144. The van der Waals surface area contributed by atoms with Crippen molar-refractivity contribution in [3.05, 3.63) is 48.8 Å². The number of pyridine rings is 1. The van der Waals surface area contributed by atoms with Gasteiger partial charge in [-0.25, -0.2) is 0 Å². The van der Waals surface area contributed by atoms with Crippen LogP contribution in [0.5, 0.6) is 11.5 Å². The van der Waals surface area contributed by atoms with Crippen LogP contribution < -0.4 is 10.2 Å². The van der Waals surface area contributed by atoms with Gasteiger partial charge in [-0.2, -0.15) is 0 Å². The molecule has 0 unspecified atom stereocenters. The predicted octanol–water partition coefficient (Wildman–Crippen LogP) is 1.05. The molecule has 2 N–H and O–H groups in total. The Kier molecular flexibility index (Phi) is 3.19. The van der Waals surface area contributed by atoms with E-state index in [0.717, 1.165) is 0 Å². The van der Waals surface area contributed by atoms with E-state index in [4.69, 9.17) is 14.8 Å². The second-order valence-corrected chi connectivity index (χ2v) is 3.23. The fourth-order valence-corrected chi connectivity index (χ4v) is 1.25. The molecule has 4 nitrogen and oxygen atoms in total. The normalized spacial score (nSPS) is 9.88. The van der Waals surface area contributed by atoms with E-state index in [2.05, 4.69) is 4.98 Å². The molecular formula is C11H14BNO3. The molecule has 0 aliphatic heterocycles. The smallest absolute Gasteiger partial charge is 0.456 e. The van der Waals surface area contributed by atoms with Crippen LogP contribution in [0.15, 0.2) is 48.8 Å². The van der Waals surface area contributed by atoms with Gasteiger partial charge in [0.05, 0.1) is 6.20 Å². The highest BCUT2D eigenvalue weighted by Crippen LogP contribution is 2.18. The lowest BCUT2D eigenvalue weighted by Crippen LogP contribution is -2.29. The minimum Gasteiger partial charge on any atom is -0.456 e. The third-order valence-electron chi connectivity index (χ3n) is 2.05. The number of ether oxygens (including phenoxy) is 1. The highest BCUT2D eigenvalue weighted by atomic mass is 16.5. The first-order chi connectivity index (χ1) is 7.75. The third-order valence-corrected chi connectivity index (χ3v) is 2.05. The van der Waals surface area contributed by atoms with Gasteiger partial charge in [-0.05, 0) is 29.7 Å². The summed E-state index contributed by atoms with van der Waals surface area (Å²) in [6, 6.07) is 10.1. The number of hydrogen-bond acceptors (Lipinski definition) is 4. The lowest BCUT2D eigenvalue weighted by Gasteiger charge is -2.05. The fraction of sp³-hybridized carbons (Fsp3) is 0. The van der Waals surface area contributed by atoms with Gasteiger partial charge < -0.3 is 14.8 Å². The summed E-state index contributed by atoms with van der Waals surface area (Å²) < 4.78 is 5.49. The van der Waals surface area contributed by atoms with Crippen molar-refractivity contribution in [3.8, 4) is 11.5 Å². The Morgan fingerprint density at radius 2 is 1.81 bits per heavy atom. The average molecular weight is 219 g/mol. The maximum absolute atomic E-state index is 8.91. The van der Waals surface area contributed by atoms with E-state index in [-0.39, 0.29) is 2.85 Å². The van der Waals surface area contributed by atoms with E-state index >= 15 is 0 Å². The molecule has 0 aliphatic rings. The van der Waals surface area contributed by atoms with Crippen LogP contribution in [0.4, 0.5) is 0 Å². The standard InChI is InChI=1S/C11H10BNO3.2H2/c14-12(15)9-3-5-10(6-4-9)16-11-2-1-7-13-8-11;;/h1-8,14-15H;2*1H. The Bertz CT molecular complexity index is 454. The van der Waals surface area contributed by atoms with Gasteiger partial charge in [0, 0.05) is 9.05 Å². The largest absolute Gasteiger partial charge is 0.488 e. The van der Waals surface area contributed by atoms with Crippen molar-refractivity contribution in [2.45, 2.75) is 0 Å². The molecule has 0 fully saturated rings. The molecule has 0 saturated heterocycles. The summed E-state index contributed by atoms with van der Waals surface area (Å²) in [4.78, 5) is 3.92. The van der Waals surface area contributed by atoms with E-state index in [1.54, 1.807) is 48.8 Å². The van der Waals surface area contributed by atoms with Crippen LogP contribution >= 0.6 is 0 Å². The number of benzene rings is 1. The van der Waals surface area contributed by atoms with Gasteiger partial charge in [0.25, 0.3) is 0 Å². The van der Waals surface area contributed by atoms with Crippen LogP contribution in [0.2, 0.25) is 0 Å². The maximum Gasteiger partial charge on any atom is 0.488 e. The first-order valence-electron chi connectivity index (χ1n) is 4.80. The number of aromatic nitrogens is 1. The van der Waals surface area contributed by atoms with Gasteiger partial charge in [-0.1, -0.05) is 12.1 Å². The molecule has 2 aromatic rings. The van der Waals surface area contributed by atoms with Gasteiger partial charge in [0.15, 0.2) is 0 Å².